The molecule has 0 spiro atoms. The number of hydrazone groups is 1. The van der Waals surface area contributed by atoms with Gasteiger partial charge < -0.3 is 0 Å². The molecule has 2 heterocycles. The predicted octanol–water partition coefficient (Wildman–Crippen LogP) is 3.08. The van der Waals surface area contributed by atoms with Crippen LogP contribution in [0.3, 0.4) is 0 Å². The van der Waals surface area contributed by atoms with Crippen LogP contribution >= 0.6 is 22.9 Å². The molecular formula is C13H9ClN4OS. The minimum absolute atomic E-state index is 0.176. The van der Waals surface area contributed by atoms with Gasteiger partial charge >= 0.3 is 0 Å². The van der Waals surface area contributed by atoms with Crippen LogP contribution in [0, 0.1) is 0 Å². The fraction of sp³-hybridized carbons (Fsp3) is 0. The van der Waals surface area contributed by atoms with Gasteiger partial charge in [-0.1, -0.05) is 23.7 Å². The normalized spacial score (nSPS) is 11.2. The standard InChI is InChI=1S/C13H9ClN4OS/c14-9-3-1-2-8(6-9)7-15-18-13-16-10-4-5-20-11(10)12(19)17-13/h1-7H,(H2,16,17,18,19)/b15-7+. The molecule has 20 heavy (non-hydrogen) atoms. The van der Waals surface area contributed by atoms with Gasteiger partial charge in [-0.15, -0.1) is 11.3 Å². The molecular weight excluding hydrogens is 296 g/mol. The van der Waals surface area contributed by atoms with Crippen molar-refractivity contribution in [1.82, 2.24) is 9.97 Å². The molecule has 0 amide bonds. The van der Waals surface area contributed by atoms with Crippen molar-refractivity contribution in [3.8, 4) is 0 Å². The van der Waals surface area contributed by atoms with E-state index in [0.29, 0.717) is 21.2 Å². The first-order valence-electron chi connectivity index (χ1n) is 5.74. The van der Waals surface area contributed by atoms with Gasteiger partial charge in [-0.3, -0.25) is 9.78 Å². The number of aromatic amines is 1. The molecule has 0 saturated carbocycles. The quantitative estimate of drug-likeness (QED) is 0.577. The summed E-state index contributed by atoms with van der Waals surface area (Å²) in [5.74, 6) is 0.305. The summed E-state index contributed by atoms with van der Waals surface area (Å²) < 4.78 is 0.606. The lowest BCUT2D eigenvalue weighted by atomic mass is 10.2. The van der Waals surface area contributed by atoms with E-state index < -0.39 is 0 Å². The highest BCUT2D eigenvalue weighted by molar-refractivity contribution is 7.17. The average Bonchev–Trinajstić information content (AvgIpc) is 2.88. The number of thiophene rings is 1. The van der Waals surface area contributed by atoms with E-state index in [1.807, 2.05) is 17.5 Å². The number of nitrogens with zero attached hydrogens (tertiary/aromatic N) is 2. The Bertz CT molecular complexity index is 840. The third kappa shape index (κ3) is 2.71. The fourth-order valence-corrected chi connectivity index (χ4v) is 2.61. The maximum Gasteiger partial charge on any atom is 0.270 e. The number of benzene rings is 1. The van der Waals surface area contributed by atoms with Crippen molar-refractivity contribution in [3.05, 3.63) is 56.7 Å². The maximum absolute atomic E-state index is 11.7. The van der Waals surface area contributed by atoms with Gasteiger partial charge in [-0.2, -0.15) is 5.10 Å². The summed E-state index contributed by atoms with van der Waals surface area (Å²) in [7, 11) is 0. The summed E-state index contributed by atoms with van der Waals surface area (Å²) in [6, 6.07) is 9.07. The summed E-state index contributed by atoms with van der Waals surface area (Å²) >= 11 is 7.23. The van der Waals surface area contributed by atoms with E-state index in [1.165, 1.54) is 11.3 Å². The number of rotatable bonds is 3. The van der Waals surface area contributed by atoms with Crippen molar-refractivity contribution >= 4 is 45.3 Å². The first-order valence-corrected chi connectivity index (χ1v) is 7.00. The number of nitrogens with one attached hydrogen (secondary N) is 2. The average molecular weight is 305 g/mol. The van der Waals surface area contributed by atoms with Crippen LogP contribution in [0.15, 0.2) is 45.6 Å². The van der Waals surface area contributed by atoms with Gasteiger partial charge in [0, 0.05) is 5.02 Å². The Balaban J connectivity index is 1.81. The Kier molecular flexibility index (Phi) is 3.49. The molecule has 5 nitrogen and oxygen atoms in total. The molecule has 0 aliphatic rings. The van der Waals surface area contributed by atoms with E-state index in [4.69, 9.17) is 11.6 Å². The molecule has 0 aliphatic heterocycles. The fourth-order valence-electron chi connectivity index (χ4n) is 1.68. The van der Waals surface area contributed by atoms with Crippen molar-refractivity contribution in [2.75, 3.05) is 5.43 Å². The number of anilines is 1. The van der Waals surface area contributed by atoms with Gasteiger partial charge in [0.25, 0.3) is 5.56 Å². The minimum Gasteiger partial charge on any atom is -0.290 e. The van der Waals surface area contributed by atoms with Gasteiger partial charge in [0.15, 0.2) is 0 Å². The molecule has 3 aromatic rings. The van der Waals surface area contributed by atoms with Crippen LogP contribution < -0.4 is 11.0 Å². The van der Waals surface area contributed by atoms with E-state index in [2.05, 4.69) is 20.5 Å². The first kappa shape index (κ1) is 12.8. The Morgan fingerprint density at radius 3 is 3.15 bits per heavy atom. The van der Waals surface area contributed by atoms with Crippen molar-refractivity contribution in [2.45, 2.75) is 0 Å². The van der Waals surface area contributed by atoms with Gasteiger partial charge in [0.1, 0.15) is 4.70 Å². The molecule has 2 N–H and O–H groups in total. The van der Waals surface area contributed by atoms with Crippen LogP contribution in [0.1, 0.15) is 5.56 Å². The Morgan fingerprint density at radius 2 is 2.30 bits per heavy atom. The van der Waals surface area contributed by atoms with Crippen LogP contribution in [0.5, 0.6) is 0 Å². The lowest BCUT2D eigenvalue weighted by Gasteiger charge is -1.99. The van der Waals surface area contributed by atoms with E-state index in [0.717, 1.165) is 5.56 Å². The zero-order valence-corrected chi connectivity index (χ0v) is 11.7. The van der Waals surface area contributed by atoms with Crippen LogP contribution in [0.2, 0.25) is 5.02 Å². The van der Waals surface area contributed by atoms with E-state index >= 15 is 0 Å². The lowest BCUT2D eigenvalue weighted by Crippen LogP contribution is -2.09. The van der Waals surface area contributed by atoms with Crippen molar-refractivity contribution in [3.63, 3.8) is 0 Å². The zero-order chi connectivity index (χ0) is 13.9. The van der Waals surface area contributed by atoms with E-state index in [9.17, 15) is 4.79 Å². The molecule has 100 valence electrons. The molecule has 0 aliphatic carbocycles. The summed E-state index contributed by atoms with van der Waals surface area (Å²) in [6.07, 6.45) is 1.60. The Morgan fingerprint density at radius 1 is 1.40 bits per heavy atom. The topological polar surface area (TPSA) is 70.1 Å². The predicted molar refractivity (Wildman–Crippen MR) is 82.9 cm³/mol. The minimum atomic E-state index is -0.176. The third-order valence-electron chi connectivity index (χ3n) is 2.55. The largest absolute Gasteiger partial charge is 0.290 e. The highest BCUT2D eigenvalue weighted by Crippen LogP contribution is 2.15. The van der Waals surface area contributed by atoms with Gasteiger partial charge in [0.2, 0.25) is 5.95 Å². The molecule has 0 fully saturated rings. The molecule has 0 unspecified atom stereocenters. The highest BCUT2D eigenvalue weighted by atomic mass is 35.5. The molecule has 0 bridgehead atoms. The molecule has 0 radical (unpaired) electrons. The second kappa shape index (κ2) is 5.44. The van der Waals surface area contributed by atoms with E-state index in [1.54, 1.807) is 24.4 Å². The third-order valence-corrected chi connectivity index (χ3v) is 3.69. The molecule has 3 rings (SSSR count). The van der Waals surface area contributed by atoms with Gasteiger partial charge in [-0.05, 0) is 29.1 Å². The summed E-state index contributed by atoms with van der Waals surface area (Å²) in [5.41, 5.74) is 4.03. The van der Waals surface area contributed by atoms with Gasteiger partial charge in [-0.25, -0.2) is 10.4 Å². The molecule has 1 aromatic carbocycles. The SMILES string of the molecule is O=c1[nH]c(N/N=C/c2cccc(Cl)c2)nc2ccsc12. The summed E-state index contributed by atoms with van der Waals surface area (Å²) in [5, 5.41) is 6.49. The number of fused-ring (bicyclic) bond motifs is 1. The van der Waals surface area contributed by atoms with E-state index in [-0.39, 0.29) is 5.56 Å². The summed E-state index contributed by atoms with van der Waals surface area (Å²) in [4.78, 5) is 18.6. The van der Waals surface area contributed by atoms with Crippen molar-refractivity contribution < 1.29 is 0 Å². The number of H-pyrrole nitrogens is 1. The van der Waals surface area contributed by atoms with Crippen LogP contribution in [-0.2, 0) is 0 Å². The van der Waals surface area contributed by atoms with Crippen molar-refractivity contribution in [1.29, 1.82) is 0 Å². The monoisotopic (exact) mass is 304 g/mol. The maximum atomic E-state index is 11.7. The van der Waals surface area contributed by atoms with Crippen LogP contribution in [0.25, 0.3) is 10.2 Å². The Labute approximate surface area is 122 Å². The molecule has 7 heteroatoms. The Hall–Kier alpha value is -2.18. The smallest absolute Gasteiger partial charge is 0.270 e. The van der Waals surface area contributed by atoms with Crippen LogP contribution in [-0.4, -0.2) is 16.2 Å². The zero-order valence-electron chi connectivity index (χ0n) is 10.1. The molecule has 0 saturated heterocycles. The van der Waals surface area contributed by atoms with Gasteiger partial charge in [0.05, 0.1) is 11.7 Å². The van der Waals surface area contributed by atoms with Crippen LogP contribution in [0.4, 0.5) is 5.95 Å². The first-order chi connectivity index (χ1) is 9.72. The summed E-state index contributed by atoms with van der Waals surface area (Å²) in [6.45, 7) is 0. The van der Waals surface area contributed by atoms with Crippen molar-refractivity contribution in [2.24, 2.45) is 5.10 Å². The second-order valence-corrected chi connectivity index (χ2v) is 5.33. The number of hydrogen-bond acceptors (Lipinski definition) is 5. The number of halogens is 1. The molecule has 0 atom stereocenters. The second-order valence-electron chi connectivity index (χ2n) is 3.97. The lowest BCUT2D eigenvalue weighted by molar-refractivity contribution is 1.13. The molecule has 2 aromatic heterocycles. The number of aromatic nitrogens is 2. The number of hydrogen-bond donors (Lipinski definition) is 2. The highest BCUT2D eigenvalue weighted by Gasteiger charge is 2.03.